The molecule has 14 heavy (non-hydrogen) atoms. The lowest BCUT2D eigenvalue weighted by Crippen LogP contribution is -2.56. The lowest BCUT2D eigenvalue weighted by Gasteiger charge is -2.43. The van der Waals surface area contributed by atoms with Gasteiger partial charge in [0.1, 0.15) is 0 Å². The number of hydrogen-bond acceptors (Lipinski definition) is 2. The fourth-order valence-electron chi connectivity index (χ4n) is 2.84. The third-order valence-electron chi connectivity index (χ3n) is 3.67. The molecule has 2 atom stereocenters. The minimum Gasteiger partial charge on any atom is -0.340 e. The van der Waals surface area contributed by atoms with Gasteiger partial charge in [-0.25, -0.2) is 0 Å². The van der Waals surface area contributed by atoms with Crippen LogP contribution in [0.25, 0.3) is 0 Å². The molecule has 0 aliphatic carbocycles. The Morgan fingerprint density at radius 2 is 2.21 bits per heavy atom. The number of hydrogen-bond donors (Lipinski definition) is 0. The lowest BCUT2D eigenvalue weighted by molar-refractivity contribution is -0.133. The number of fused-ring (bicyclic) bond motifs is 1. The summed E-state index contributed by atoms with van der Waals surface area (Å²) >= 11 is 0. The molecule has 2 aliphatic heterocycles. The normalized spacial score (nSPS) is 33.1. The summed E-state index contributed by atoms with van der Waals surface area (Å²) in [4.78, 5) is 16.0. The average Bonchev–Trinajstić information content (AvgIpc) is 2.63. The summed E-state index contributed by atoms with van der Waals surface area (Å²) in [5.74, 6) is 0.245. The van der Waals surface area contributed by atoms with Crippen LogP contribution in [0.5, 0.6) is 0 Å². The number of piperazine rings is 1. The molecular formula is C11H20N2O. The Hall–Kier alpha value is -0.570. The summed E-state index contributed by atoms with van der Waals surface area (Å²) < 4.78 is 0. The van der Waals surface area contributed by atoms with Gasteiger partial charge in [0.25, 0.3) is 0 Å². The van der Waals surface area contributed by atoms with Crippen molar-refractivity contribution in [1.29, 1.82) is 0 Å². The maximum atomic E-state index is 11.4. The first-order valence-corrected chi connectivity index (χ1v) is 5.73. The molecule has 0 radical (unpaired) electrons. The molecule has 0 bridgehead atoms. The molecule has 3 nitrogen and oxygen atoms in total. The highest BCUT2D eigenvalue weighted by Crippen LogP contribution is 2.26. The molecule has 1 amide bonds. The SMILES string of the molecule is CCC1CN(C(C)=O)CC2CCCN12. The highest BCUT2D eigenvalue weighted by Gasteiger charge is 2.36. The van der Waals surface area contributed by atoms with Crippen LogP contribution in [-0.2, 0) is 4.79 Å². The molecule has 0 aromatic rings. The van der Waals surface area contributed by atoms with Gasteiger partial charge in [0.05, 0.1) is 0 Å². The number of carbonyl (C=O) groups excluding carboxylic acids is 1. The Balaban J connectivity index is 2.07. The predicted molar refractivity (Wildman–Crippen MR) is 56.1 cm³/mol. The van der Waals surface area contributed by atoms with E-state index in [4.69, 9.17) is 0 Å². The summed E-state index contributed by atoms with van der Waals surface area (Å²) in [5.41, 5.74) is 0. The van der Waals surface area contributed by atoms with Gasteiger partial charge in [-0.3, -0.25) is 9.69 Å². The van der Waals surface area contributed by atoms with E-state index < -0.39 is 0 Å². The zero-order valence-electron chi connectivity index (χ0n) is 9.20. The quantitative estimate of drug-likeness (QED) is 0.627. The molecule has 0 spiro atoms. The van der Waals surface area contributed by atoms with E-state index in [9.17, 15) is 4.79 Å². The maximum absolute atomic E-state index is 11.4. The second kappa shape index (κ2) is 3.89. The van der Waals surface area contributed by atoms with Gasteiger partial charge in [-0.1, -0.05) is 6.92 Å². The van der Waals surface area contributed by atoms with E-state index in [2.05, 4.69) is 11.8 Å². The first kappa shape index (κ1) is 9.97. The van der Waals surface area contributed by atoms with Crippen molar-refractivity contribution in [2.45, 2.75) is 45.2 Å². The monoisotopic (exact) mass is 196 g/mol. The van der Waals surface area contributed by atoms with Gasteiger partial charge in [0.15, 0.2) is 0 Å². The Morgan fingerprint density at radius 3 is 2.86 bits per heavy atom. The molecule has 80 valence electrons. The Kier molecular flexibility index (Phi) is 2.77. The average molecular weight is 196 g/mol. The molecule has 0 N–H and O–H groups in total. The highest BCUT2D eigenvalue weighted by molar-refractivity contribution is 5.73. The standard InChI is InChI=1S/C11H20N2O/c1-3-10-7-12(9(2)14)8-11-5-4-6-13(10)11/h10-11H,3-8H2,1-2H3. The van der Waals surface area contributed by atoms with Crippen LogP contribution in [0.1, 0.15) is 33.1 Å². The smallest absolute Gasteiger partial charge is 0.219 e. The van der Waals surface area contributed by atoms with Crippen molar-refractivity contribution >= 4 is 5.91 Å². The fourth-order valence-corrected chi connectivity index (χ4v) is 2.84. The Morgan fingerprint density at radius 1 is 1.43 bits per heavy atom. The topological polar surface area (TPSA) is 23.6 Å². The van der Waals surface area contributed by atoms with Crippen LogP contribution in [0.15, 0.2) is 0 Å². The van der Waals surface area contributed by atoms with E-state index in [-0.39, 0.29) is 5.91 Å². The van der Waals surface area contributed by atoms with Crippen LogP contribution in [0.3, 0.4) is 0 Å². The first-order valence-electron chi connectivity index (χ1n) is 5.73. The van der Waals surface area contributed by atoms with Crippen LogP contribution in [0.4, 0.5) is 0 Å². The van der Waals surface area contributed by atoms with Gasteiger partial charge in [0.2, 0.25) is 5.91 Å². The van der Waals surface area contributed by atoms with Crippen molar-refractivity contribution in [3.05, 3.63) is 0 Å². The van der Waals surface area contributed by atoms with E-state index in [0.717, 1.165) is 13.1 Å². The van der Waals surface area contributed by atoms with Crippen molar-refractivity contribution in [3.8, 4) is 0 Å². The molecule has 2 unspecified atom stereocenters. The first-order chi connectivity index (χ1) is 6.72. The lowest BCUT2D eigenvalue weighted by atomic mass is 10.1. The van der Waals surface area contributed by atoms with E-state index in [1.54, 1.807) is 6.92 Å². The van der Waals surface area contributed by atoms with Crippen molar-refractivity contribution in [2.24, 2.45) is 0 Å². The number of rotatable bonds is 1. The number of amides is 1. The van der Waals surface area contributed by atoms with Crippen molar-refractivity contribution < 1.29 is 4.79 Å². The zero-order chi connectivity index (χ0) is 10.1. The van der Waals surface area contributed by atoms with Gasteiger partial charge < -0.3 is 4.90 Å². The van der Waals surface area contributed by atoms with Gasteiger partial charge in [0, 0.05) is 32.1 Å². The van der Waals surface area contributed by atoms with Crippen LogP contribution in [-0.4, -0.2) is 47.4 Å². The predicted octanol–water partition coefficient (Wildman–Crippen LogP) is 1.09. The van der Waals surface area contributed by atoms with E-state index >= 15 is 0 Å². The van der Waals surface area contributed by atoms with Gasteiger partial charge >= 0.3 is 0 Å². The van der Waals surface area contributed by atoms with E-state index in [1.165, 1.54) is 25.8 Å². The maximum Gasteiger partial charge on any atom is 0.219 e. The minimum atomic E-state index is 0.245. The second-order valence-corrected chi connectivity index (χ2v) is 4.52. The van der Waals surface area contributed by atoms with Crippen LogP contribution in [0, 0.1) is 0 Å². The molecule has 3 heteroatoms. The Bertz CT molecular complexity index is 229. The molecular weight excluding hydrogens is 176 g/mol. The second-order valence-electron chi connectivity index (χ2n) is 4.52. The van der Waals surface area contributed by atoms with E-state index in [0.29, 0.717) is 12.1 Å². The summed E-state index contributed by atoms with van der Waals surface area (Å²) in [5, 5.41) is 0. The number of carbonyl (C=O) groups is 1. The largest absolute Gasteiger partial charge is 0.340 e. The molecule has 2 saturated heterocycles. The third kappa shape index (κ3) is 1.65. The minimum absolute atomic E-state index is 0.245. The molecule has 0 aromatic carbocycles. The molecule has 2 fully saturated rings. The van der Waals surface area contributed by atoms with Gasteiger partial charge in [-0.05, 0) is 25.8 Å². The number of nitrogens with zero attached hydrogens (tertiary/aromatic N) is 2. The summed E-state index contributed by atoms with van der Waals surface area (Å²) in [6.45, 7) is 7.07. The molecule has 0 saturated carbocycles. The van der Waals surface area contributed by atoms with Crippen LogP contribution in [0.2, 0.25) is 0 Å². The molecule has 0 aromatic heterocycles. The summed E-state index contributed by atoms with van der Waals surface area (Å²) in [7, 11) is 0. The van der Waals surface area contributed by atoms with Crippen LogP contribution < -0.4 is 0 Å². The zero-order valence-corrected chi connectivity index (χ0v) is 9.20. The Labute approximate surface area is 86.1 Å². The molecule has 2 rings (SSSR count). The van der Waals surface area contributed by atoms with Gasteiger partial charge in [-0.15, -0.1) is 0 Å². The van der Waals surface area contributed by atoms with Crippen molar-refractivity contribution in [2.75, 3.05) is 19.6 Å². The van der Waals surface area contributed by atoms with Crippen molar-refractivity contribution in [3.63, 3.8) is 0 Å². The van der Waals surface area contributed by atoms with E-state index in [1.807, 2.05) is 4.90 Å². The van der Waals surface area contributed by atoms with Crippen LogP contribution >= 0.6 is 0 Å². The van der Waals surface area contributed by atoms with Gasteiger partial charge in [-0.2, -0.15) is 0 Å². The summed E-state index contributed by atoms with van der Waals surface area (Å²) in [6.07, 6.45) is 3.76. The fraction of sp³-hybridized carbons (Fsp3) is 0.909. The summed E-state index contributed by atoms with van der Waals surface area (Å²) in [6, 6.07) is 1.26. The molecule has 2 aliphatic rings. The molecule has 2 heterocycles. The van der Waals surface area contributed by atoms with Crippen molar-refractivity contribution in [1.82, 2.24) is 9.80 Å². The third-order valence-corrected chi connectivity index (χ3v) is 3.67. The highest BCUT2D eigenvalue weighted by atomic mass is 16.2.